The quantitative estimate of drug-likeness (QED) is 0.144. The molecular weight excluding hydrogens is 1260 g/mol. The van der Waals surface area contributed by atoms with Crippen molar-refractivity contribution in [2.45, 2.75) is 27.7 Å². The summed E-state index contributed by atoms with van der Waals surface area (Å²) in [5.41, 5.74) is 30.2. The zero-order chi connectivity index (χ0) is 70.0. The van der Waals surface area contributed by atoms with E-state index in [0.717, 1.165) is 0 Å². The number of hydrogen-bond acceptors (Lipinski definition) is 0. The second-order valence-electron chi connectivity index (χ2n) is 26.9. The van der Waals surface area contributed by atoms with Crippen molar-refractivity contribution in [2.24, 2.45) is 0 Å². The second-order valence-corrected chi connectivity index (χ2v) is 26.9. The minimum Gasteiger partial charge on any atom is -0.309 e. The number of rotatable bonds is 8. The molecule has 0 aliphatic carbocycles. The van der Waals surface area contributed by atoms with E-state index >= 15 is 0 Å². The lowest BCUT2D eigenvalue weighted by atomic mass is 9.96. The number of nitrogens with zero attached hydrogens (tertiary/aromatic N) is 4. The summed E-state index contributed by atoms with van der Waals surface area (Å²) in [6.45, 7) is 8.64. The Morgan fingerprint density at radius 1 is 0.163 bits per heavy atom. The predicted octanol–water partition coefficient (Wildman–Crippen LogP) is 27.0. The van der Waals surface area contributed by atoms with E-state index in [1.165, 1.54) is 177 Å². The Morgan fingerprint density at radius 3 is 0.923 bits per heavy atom. The van der Waals surface area contributed by atoms with Gasteiger partial charge in [0, 0.05) is 65.8 Å². The highest BCUT2D eigenvalue weighted by atomic mass is 15.0. The third kappa shape index (κ3) is 11.9. The van der Waals surface area contributed by atoms with Gasteiger partial charge in [0.2, 0.25) is 0 Å². The van der Waals surface area contributed by atoms with E-state index in [9.17, 15) is 0 Å². The summed E-state index contributed by atoms with van der Waals surface area (Å²) in [6, 6.07) is 139. The van der Waals surface area contributed by atoms with E-state index < -0.39 is 0 Å². The molecule has 0 saturated heterocycles. The lowest BCUT2D eigenvalue weighted by molar-refractivity contribution is 1.18. The van der Waals surface area contributed by atoms with Gasteiger partial charge in [-0.3, -0.25) is 0 Å². The first-order valence-corrected chi connectivity index (χ1v) is 35.9. The first-order valence-electron chi connectivity index (χ1n) is 35.9. The van der Waals surface area contributed by atoms with Gasteiger partial charge in [-0.2, -0.15) is 0 Å². The van der Waals surface area contributed by atoms with Crippen molar-refractivity contribution in [2.75, 3.05) is 0 Å². The topological polar surface area (TPSA) is 19.7 Å². The molecule has 20 rings (SSSR count). The van der Waals surface area contributed by atoms with Gasteiger partial charge >= 0.3 is 0 Å². The SMILES string of the molecule is Cc1ccc(-c2cccc3c2c2ccccc2n3-c2ccccc2)cc1.Cc1cccc(-c2cccc3c2c2ccccc2n3-c2ccccc2)c1.Cc1ccccc1-c1ccc2c(c1)c1ccccc1n2-c1ccccc1.Cc1ccccc1-c1cccc2c1c1ccccc1n2-c1ccccc1. The van der Waals surface area contributed by atoms with Crippen molar-refractivity contribution in [3.05, 3.63) is 411 Å². The highest BCUT2D eigenvalue weighted by Gasteiger charge is 2.20. The van der Waals surface area contributed by atoms with Crippen molar-refractivity contribution >= 4 is 87.2 Å². The Bertz CT molecular complexity index is 6490. The Balaban J connectivity index is 0.000000103. The molecule has 0 aliphatic heterocycles. The van der Waals surface area contributed by atoms with Crippen LogP contribution in [-0.2, 0) is 0 Å². The first-order chi connectivity index (χ1) is 51.3. The summed E-state index contributed by atoms with van der Waals surface area (Å²) in [5, 5.41) is 10.4. The van der Waals surface area contributed by atoms with Crippen molar-refractivity contribution in [1.82, 2.24) is 18.3 Å². The van der Waals surface area contributed by atoms with Gasteiger partial charge in [-0.05, 0) is 186 Å². The third-order valence-corrected chi connectivity index (χ3v) is 20.4. The number of para-hydroxylation sites is 8. The zero-order valence-corrected chi connectivity index (χ0v) is 58.7. The van der Waals surface area contributed by atoms with Crippen molar-refractivity contribution in [1.29, 1.82) is 0 Å². The summed E-state index contributed by atoms with van der Waals surface area (Å²) in [5.74, 6) is 0. The molecule has 104 heavy (non-hydrogen) atoms. The molecule has 0 fully saturated rings. The molecule has 4 nitrogen and oxygen atoms in total. The molecule has 0 saturated carbocycles. The minimum absolute atomic E-state index is 1.19. The van der Waals surface area contributed by atoms with E-state index in [0.29, 0.717) is 0 Å². The molecule has 0 amide bonds. The fourth-order valence-corrected chi connectivity index (χ4v) is 15.6. The molecule has 0 aliphatic rings. The number of aromatic nitrogens is 4. The van der Waals surface area contributed by atoms with Gasteiger partial charge in [0.1, 0.15) is 0 Å². The number of benzene rings is 16. The van der Waals surface area contributed by atoms with Gasteiger partial charge in [-0.15, -0.1) is 0 Å². The maximum atomic E-state index is 2.37. The highest BCUT2D eigenvalue weighted by molar-refractivity contribution is 6.18. The summed E-state index contributed by atoms with van der Waals surface area (Å²) in [7, 11) is 0. The van der Waals surface area contributed by atoms with Gasteiger partial charge in [0.25, 0.3) is 0 Å². The van der Waals surface area contributed by atoms with E-state index in [2.05, 4.69) is 434 Å². The van der Waals surface area contributed by atoms with Gasteiger partial charge < -0.3 is 18.3 Å². The van der Waals surface area contributed by atoms with Crippen molar-refractivity contribution in [3.8, 4) is 67.3 Å². The number of hydrogen-bond donors (Lipinski definition) is 0. The van der Waals surface area contributed by atoms with E-state index in [4.69, 9.17) is 0 Å². The van der Waals surface area contributed by atoms with Crippen molar-refractivity contribution in [3.63, 3.8) is 0 Å². The van der Waals surface area contributed by atoms with Gasteiger partial charge in [-0.25, -0.2) is 0 Å². The van der Waals surface area contributed by atoms with Crippen LogP contribution < -0.4 is 0 Å². The van der Waals surface area contributed by atoms with Gasteiger partial charge in [0.05, 0.1) is 44.1 Å². The first kappa shape index (κ1) is 64.1. The molecule has 0 spiro atoms. The highest BCUT2D eigenvalue weighted by Crippen LogP contribution is 2.43. The Labute approximate surface area is 607 Å². The van der Waals surface area contributed by atoms with Crippen LogP contribution in [0.5, 0.6) is 0 Å². The summed E-state index contributed by atoms with van der Waals surface area (Å²) < 4.78 is 9.45. The smallest absolute Gasteiger partial charge is 0.0547 e. The zero-order valence-electron chi connectivity index (χ0n) is 58.7. The van der Waals surface area contributed by atoms with E-state index in [1.54, 1.807) is 0 Å². The predicted molar refractivity (Wildman–Crippen MR) is 444 cm³/mol. The second kappa shape index (κ2) is 28.0. The van der Waals surface area contributed by atoms with Crippen LogP contribution in [0.25, 0.3) is 154 Å². The van der Waals surface area contributed by atoms with Gasteiger partial charge in [0.15, 0.2) is 0 Å². The summed E-state index contributed by atoms with van der Waals surface area (Å²) in [6.07, 6.45) is 0. The molecule has 496 valence electrons. The van der Waals surface area contributed by atoms with E-state index in [1.807, 2.05) is 0 Å². The monoisotopic (exact) mass is 1330 g/mol. The fourth-order valence-electron chi connectivity index (χ4n) is 15.6. The maximum absolute atomic E-state index is 2.37. The lowest BCUT2D eigenvalue weighted by Gasteiger charge is -2.10. The third-order valence-electron chi connectivity index (χ3n) is 20.4. The molecule has 20 aromatic rings. The fraction of sp³-hybridized carbons (Fsp3) is 0.0400. The Kier molecular flexibility index (Phi) is 17.3. The van der Waals surface area contributed by atoms with Crippen LogP contribution in [0.15, 0.2) is 388 Å². The minimum atomic E-state index is 1.19. The van der Waals surface area contributed by atoms with Crippen LogP contribution in [0, 0.1) is 27.7 Å². The van der Waals surface area contributed by atoms with Crippen LogP contribution in [0.2, 0.25) is 0 Å². The van der Waals surface area contributed by atoms with Crippen LogP contribution in [0.3, 0.4) is 0 Å². The Hall–Kier alpha value is -13.3. The number of fused-ring (bicyclic) bond motifs is 12. The van der Waals surface area contributed by atoms with E-state index in [-0.39, 0.29) is 0 Å². The van der Waals surface area contributed by atoms with Crippen LogP contribution >= 0.6 is 0 Å². The normalized spacial score (nSPS) is 11.3. The summed E-state index contributed by atoms with van der Waals surface area (Å²) >= 11 is 0. The molecule has 0 unspecified atom stereocenters. The molecule has 16 aromatic carbocycles. The van der Waals surface area contributed by atoms with Gasteiger partial charge in [-0.1, -0.05) is 296 Å². The maximum Gasteiger partial charge on any atom is 0.0547 e. The molecule has 4 aromatic heterocycles. The molecular formula is C100H76N4. The average molecular weight is 1330 g/mol. The number of aryl methyl sites for hydroxylation is 4. The molecule has 0 bridgehead atoms. The molecule has 4 heterocycles. The molecule has 0 radical (unpaired) electrons. The van der Waals surface area contributed by atoms with Crippen molar-refractivity contribution < 1.29 is 0 Å². The molecule has 4 heteroatoms. The van der Waals surface area contributed by atoms with Crippen LogP contribution in [0.1, 0.15) is 22.3 Å². The standard InChI is InChI=1S/4C25H19N/c1-18-9-7-10-19(17-18)21-14-8-16-24-25(21)22-13-5-6-15-23(22)26(24)20-11-3-2-4-12-20;1-18-10-5-6-13-20(18)21-15-9-17-24-25(21)22-14-7-8-16-23(22)26(24)19-11-3-2-4-12-19;1-18-9-5-6-12-21(18)19-15-16-25-23(17-19)22-13-7-8-14-24(22)26(25)20-10-3-2-4-11-20;1-18-14-16-19(17-15-18)21-11-7-13-24-25(21)22-10-5-6-12-23(22)26(24)20-8-3-2-4-9-20/h4*2-17H,1H3. The lowest BCUT2D eigenvalue weighted by Crippen LogP contribution is -1.93. The van der Waals surface area contributed by atoms with Crippen LogP contribution in [0.4, 0.5) is 0 Å². The molecule has 0 atom stereocenters. The Morgan fingerprint density at radius 2 is 0.471 bits per heavy atom. The summed E-state index contributed by atoms with van der Waals surface area (Å²) in [4.78, 5) is 0. The average Bonchev–Trinajstić information content (AvgIpc) is 1.61. The largest absolute Gasteiger partial charge is 0.309 e. The molecule has 0 N–H and O–H groups in total. The van der Waals surface area contributed by atoms with Crippen LogP contribution in [-0.4, -0.2) is 18.3 Å².